The van der Waals surface area contributed by atoms with Gasteiger partial charge in [-0.3, -0.25) is 0 Å². The number of imidazole rings is 1. The van der Waals surface area contributed by atoms with E-state index < -0.39 is 24.2 Å². The molecule has 0 amide bonds. The molecule has 140 valence electrons. The zero-order valence-electron chi connectivity index (χ0n) is 14.3. The molecule has 2 aromatic carbocycles. The van der Waals surface area contributed by atoms with Gasteiger partial charge in [-0.2, -0.15) is 5.26 Å². The monoisotopic (exact) mass is 441 g/mol. The van der Waals surface area contributed by atoms with Gasteiger partial charge in [0.25, 0.3) is 0 Å². The van der Waals surface area contributed by atoms with Crippen molar-refractivity contribution in [2.75, 3.05) is 6.61 Å². The summed E-state index contributed by atoms with van der Waals surface area (Å²) in [5.74, 6) is -1.57. The highest BCUT2D eigenvalue weighted by Crippen LogP contribution is 2.19. The highest BCUT2D eigenvalue weighted by Gasteiger charge is 2.14. The van der Waals surface area contributed by atoms with Crippen molar-refractivity contribution in [2.45, 2.75) is 0 Å². The predicted molar refractivity (Wildman–Crippen MR) is 105 cm³/mol. The summed E-state index contributed by atoms with van der Waals surface area (Å²) in [6, 6.07) is 13.3. The molecular weight excluding hydrogens is 429 g/mol. The lowest BCUT2D eigenvalue weighted by molar-refractivity contribution is -0.137. The summed E-state index contributed by atoms with van der Waals surface area (Å²) >= 11 is 3.22. The van der Waals surface area contributed by atoms with E-state index in [1.165, 1.54) is 24.3 Å². The Morgan fingerprint density at radius 2 is 2.14 bits per heavy atom. The van der Waals surface area contributed by atoms with Crippen molar-refractivity contribution in [3.63, 3.8) is 0 Å². The Bertz CT molecular complexity index is 1110. The SMILES string of the molecule is N#CC(=C(O)COC(=O)C=Cc1cc(Br)ccc1F)c1nc2ccccc2[nH]1. The van der Waals surface area contributed by atoms with Crippen molar-refractivity contribution in [1.82, 2.24) is 9.97 Å². The summed E-state index contributed by atoms with van der Waals surface area (Å²) in [6.45, 7) is -0.524. The third-order valence-corrected chi connectivity index (χ3v) is 4.23. The number of nitrogens with zero attached hydrogens (tertiary/aromatic N) is 2. The maximum atomic E-state index is 13.6. The fraction of sp³-hybridized carbons (Fsp3) is 0.0500. The summed E-state index contributed by atoms with van der Waals surface area (Å²) in [5.41, 5.74) is 1.40. The van der Waals surface area contributed by atoms with Crippen LogP contribution in [-0.4, -0.2) is 27.7 Å². The molecular formula is C20H13BrFN3O3. The van der Waals surface area contributed by atoms with Gasteiger partial charge in [-0.25, -0.2) is 14.2 Å². The number of aliphatic hydroxyl groups excluding tert-OH is 1. The van der Waals surface area contributed by atoms with Crippen LogP contribution in [0.5, 0.6) is 0 Å². The van der Waals surface area contributed by atoms with Crippen LogP contribution in [0, 0.1) is 17.1 Å². The number of hydrogen-bond acceptors (Lipinski definition) is 5. The number of H-pyrrole nitrogens is 1. The summed E-state index contributed by atoms with van der Waals surface area (Å²) in [6.07, 6.45) is 2.29. The maximum absolute atomic E-state index is 13.6. The Morgan fingerprint density at radius 3 is 2.89 bits per heavy atom. The lowest BCUT2D eigenvalue weighted by Crippen LogP contribution is -2.06. The fourth-order valence-corrected chi connectivity index (χ4v) is 2.76. The molecule has 3 aromatic rings. The van der Waals surface area contributed by atoms with Gasteiger partial charge in [0.05, 0.1) is 11.0 Å². The number of nitrogens with one attached hydrogen (secondary N) is 1. The smallest absolute Gasteiger partial charge is 0.331 e. The molecule has 8 heteroatoms. The number of aromatic nitrogens is 2. The number of halogens is 2. The number of allylic oxidation sites excluding steroid dienone is 1. The molecule has 1 aromatic heterocycles. The average molecular weight is 442 g/mol. The number of esters is 1. The van der Waals surface area contributed by atoms with Crippen LogP contribution in [0.3, 0.4) is 0 Å². The van der Waals surface area contributed by atoms with Crippen molar-refractivity contribution in [2.24, 2.45) is 0 Å². The summed E-state index contributed by atoms with van der Waals surface area (Å²) in [5, 5.41) is 19.5. The highest BCUT2D eigenvalue weighted by atomic mass is 79.9. The van der Waals surface area contributed by atoms with Crippen molar-refractivity contribution in [1.29, 1.82) is 5.26 Å². The van der Waals surface area contributed by atoms with Crippen molar-refractivity contribution < 1.29 is 19.0 Å². The van der Waals surface area contributed by atoms with Crippen LogP contribution in [-0.2, 0) is 9.53 Å². The van der Waals surface area contributed by atoms with E-state index in [2.05, 4.69) is 25.9 Å². The van der Waals surface area contributed by atoms with Crippen LogP contribution >= 0.6 is 15.9 Å². The summed E-state index contributed by atoms with van der Waals surface area (Å²) in [4.78, 5) is 19.0. The van der Waals surface area contributed by atoms with E-state index in [4.69, 9.17) is 4.74 Å². The Labute approximate surface area is 167 Å². The van der Waals surface area contributed by atoms with Crippen LogP contribution in [0.25, 0.3) is 22.7 Å². The van der Waals surface area contributed by atoms with Crippen molar-refractivity contribution >= 4 is 44.6 Å². The Morgan fingerprint density at radius 1 is 1.36 bits per heavy atom. The van der Waals surface area contributed by atoms with E-state index in [0.29, 0.717) is 15.5 Å². The van der Waals surface area contributed by atoms with E-state index in [1.54, 1.807) is 18.2 Å². The van der Waals surface area contributed by atoms with E-state index >= 15 is 0 Å². The molecule has 1 heterocycles. The Hall–Kier alpha value is -3.44. The number of carbonyl (C=O) groups is 1. The second-order valence-corrected chi connectivity index (χ2v) is 6.56. The van der Waals surface area contributed by atoms with E-state index in [1.807, 2.05) is 12.1 Å². The first-order valence-corrected chi connectivity index (χ1v) is 8.84. The number of nitriles is 1. The third kappa shape index (κ3) is 4.45. The molecule has 6 nitrogen and oxygen atoms in total. The minimum atomic E-state index is -0.798. The Kier molecular flexibility index (Phi) is 5.87. The summed E-state index contributed by atoms with van der Waals surface area (Å²) in [7, 11) is 0. The van der Waals surface area contributed by atoms with Gasteiger partial charge < -0.3 is 14.8 Å². The molecule has 0 spiro atoms. The lowest BCUT2D eigenvalue weighted by atomic mass is 10.2. The number of aromatic amines is 1. The molecule has 0 saturated heterocycles. The van der Waals surface area contributed by atoms with E-state index in [0.717, 1.165) is 6.08 Å². The molecule has 0 aliphatic heterocycles. The van der Waals surface area contributed by atoms with Crippen LogP contribution < -0.4 is 0 Å². The molecule has 0 radical (unpaired) electrons. The quantitative estimate of drug-likeness (QED) is 0.262. The molecule has 0 aliphatic rings. The Balaban J connectivity index is 1.71. The number of carbonyl (C=O) groups excluding carboxylic acids is 1. The van der Waals surface area contributed by atoms with Gasteiger partial charge in [-0.15, -0.1) is 0 Å². The van der Waals surface area contributed by atoms with Crippen LogP contribution in [0.2, 0.25) is 0 Å². The average Bonchev–Trinajstić information content (AvgIpc) is 3.11. The zero-order chi connectivity index (χ0) is 20.1. The molecule has 0 aliphatic carbocycles. The molecule has 0 atom stereocenters. The van der Waals surface area contributed by atoms with E-state index in [9.17, 15) is 19.6 Å². The zero-order valence-corrected chi connectivity index (χ0v) is 15.9. The molecule has 28 heavy (non-hydrogen) atoms. The fourth-order valence-electron chi connectivity index (χ4n) is 2.39. The van der Waals surface area contributed by atoms with Gasteiger partial charge in [0.1, 0.15) is 24.1 Å². The van der Waals surface area contributed by atoms with Crippen molar-refractivity contribution in [3.8, 4) is 6.07 Å². The normalized spacial score (nSPS) is 12.0. The largest absolute Gasteiger partial charge is 0.507 e. The second-order valence-electron chi connectivity index (χ2n) is 5.64. The van der Waals surface area contributed by atoms with Crippen LogP contribution in [0.4, 0.5) is 4.39 Å². The first-order chi connectivity index (χ1) is 13.5. The van der Waals surface area contributed by atoms with Gasteiger partial charge >= 0.3 is 5.97 Å². The molecule has 0 unspecified atom stereocenters. The molecule has 0 bridgehead atoms. The number of ether oxygens (including phenoxy) is 1. The van der Waals surface area contributed by atoms with E-state index in [-0.39, 0.29) is 17.0 Å². The third-order valence-electron chi connectivity index (χ3n) is 3.73. The van der Waals surface area contributed by atoms with Gasteiger partial charge in [0.2, 0.25) is 0 Å². The predicted octanol–water partition coefficient (Wildman–Crippen LogP) is 4.51. The first-order valence-electron chi connectivity index (χ1n) is 8.05. The number of hydrogen-bond donors (Lipinski definition) is 2. The molecule has 0 saturated carbocycles. The number of para-hydroxylation sites is 2. The molecule has 3 rings (SSSR count). The van der Waals surface area contributed by atoms with Crippen LogP contribution in [0.15, 0.2) is 58.8 Å². The minimum Gasteiger partial charge on any atom is -0.507 e. The molecule has 0 fully saturated rings. The standard InChI is InChI=1S/C20H13BrFN3O3/c21-13-6-7-15(22)12(9-13)5-8-19(27)28-11-18(26)14(10-23)20-24-16-3-1-2-4-17(16)25-20/h1-9,26H,11H2,(H,24,25). The van der Waals surface area contributed by atoms with Gasteiger partial charge in [0.15, 0.2) is 11.6 Å². The van der Waals surface area contributed by atoms with Crippen LogP contribution in [0.1, 0.15) is 11.4 Å². The first kappa shape index (κ1) is 19.3. The highest BCUT2D eigenvalue weighted by molar-refractivity contribution is 9.10. The van der Waals surface area contributed by atoms with Gasteiger partial charge in [-0.1, -0.05) is 28.1 Å². The number of aliphatic hydroxyl groups is 1. The number of fused-ring (bicyclic) bond motifs is 1. The maximum Gasteiger partial charge on any atom is 0.331 e. The van der Waals surface area contributed by atoms with Crippen molar-refractivity contribution in [3.05, 3.63) is 76.0 Å². The summed E-state index contributed by atoms with van der Waals surface area (Å²) < 4.78 is 19.2. The molecule has 2 N–H and O–H groups in total. The van der Waals surface area contributed by atoms with Gasteiger partial charge in [-0.05, 0) is 36.4 Å². The second kappa shape index (κ2) is 8.50. The van der Waals surface area contributed by atoms with Gasteiger partial charge in [0, 0.05) is 16.1 Å². The number of rotatable bonds is 5. The lowest BCUT2D eigenvalue weighted by Gasteiger charge is -2.03. The topological polar surface area (TPSA) is 99.0 Å². The minimum absolute atomic E-state index is 0.133. The number of benzene rings is 2.